The topological polar surface area (TPSA) is 59.8 Å². The SMILES string of the molecule is CCCC(C)C(=O)Nc1nc(-c2ccccc2)c(-c2nccn2C)s1. The number of anilines is 1. The summed E-state index contributed by atoms with van der Waals surface area (Å²) in [6.07, 6.45) is 5.53. The van der Waals surface area contributed by atoms with Gasteiger partial charge in [0.25, 0.3) is 0 Å². The molecule has 0 bridgehead atoms. The van der Waals surface area contributed by atoms with Crippen molar-refractivity contribution in [3.05, 3.63) is 42.7 Å². The van der Waals surface area contributed by atoms with Gasteiger partial charge in [0.05, 0.1) is 10.6 Å². The van der Waals surface area contributed by atoms with E-state index in [0.717, 1.165) is 34.8 Å². The first-order valence-electron chi connectivity index (χ1n) is 8.45. The second kappa shape index (κ2) is 7.61. The van der Waals surface area contributed by atoms with Gasteiger partial charge in [-0.2, -0.15) is 0 Å². The van der Waals surface area contributed by atoms with Crippen LogP contribution in [0.5, 0.6) is 0 Å². The monoisotopic (exact) mass is 354 g/mol. The summed E-state index contributed by atoms with van der Waals surface area (Å²) in [5, 5.41) is 3.59. The van der Waals surface area contributed by atoms with E-state index in [4.69, 9.17) is 4.98 Å². The van der Waals surface area contributed by atoms with Crippen LogP contribution in [-0.2, 0) is 11.8 Å². The zero-order valence-electron chi connectivity index (χ0n) is 14.7. The van der Waals surface area contributed by atoms with Gasteiger partial charge in [-0.15, -0.1) is 0 Å². The van der Waals surface area contributed by atoms with Gasteiger partial charge in [0.1, 0.15) is 0 Å². The molecule has 1 atom stereocenters. The number of hydrogen-bond donors (Lipinski definition) is 1. The molecule has 0 fully saturated rings. The highest BCUT2D eigenvalue weighted by molar-refractivity contribution is 7.19. The first kappa shape index (κ1) is 17.4. The van der Waals surface area contributed by atoms with Crippen LogP contribution in [0.15, 0.2) is 42.7 Å². The van der Waals surface area contributed by atoms with Crippen LogP contribution in [0, 0.1) is 5.92 Å². The quantitative estimate of drug-likeness (QED) is 0.704. The predicted octanol–water partition coefficient (Wildman–Crippen LogP) is 4.59. The highest BCUT2D eigenvalue weighted by Crippen LogP contribution is 2.38. The Bertz CT molecular complexity index is 853. The molecule has 5 nitrogen and oxygen atoms in total. The number of aryl methyl sites for hydroxylation is 1. The van der Waals surface area contributed by atoms with Crippen molar-refractivity contribution in [3.8, 4) is 22.0 Å². The minimum atomic E-state index is -0.0225. The normalized spacial score (nSPS) is 12.1. The summed E-state index contributed by atoms with van der Waals surface area (Å²) in [6.45, 7) is 4.03. The van der Waals surface area contributed by atoms with Crippen molar-refractivity contribution in [2.24, 2.45) is 13.0 Å². The Morgan fingerprint density at radius 1 is 1.32 bits per heavy atom. The summed E-state index contributed by atoms with van der Waals surface area (Å²) >= 11 is 1.46. The number of carbonyl (C=O) groups is 1. The number of carbonyl (C=O) groups excluding carboxylic acids is 1. The van der Waals surface area contributed by atoms with E-state index in [1.807, 2.05) is 55.1 Å². The lowest BCUT2D eigenvalue weighted by atomic mass is 10.1. The first-order chi connectivity index (χ1) is 12.1. The maximum absolute atomic E-state index is 12.3. The standard InChI is InChI=1S/C19H22N4OS/c1-4-8-13(2)18(24)22-19-21-15(14-9-6-5-7-10-14)16(25-19)17-20-11-12-23(17)3/h5-7,9-13H,4,8H2,1-3H3,(H,21,22,24). The van der Waals surface area contributed by atoms with E-state index >= 15 is 0 Å². The Balaban J connectivity index is 1.98. The van der Waals surface area contributed by atoms with E-state index in [2.05, 4.69) is 17.2 Å². The molecule has 1 unspecified atom stereocenters. The molecule has 1 N–H and O–H groups in total. The van der Waals surface area contributed by atoms with Crippen molar-refractivity contribution in [2.45, 2.75) is 26.7 Å². The molecule has 0 radical (unpaired) electrons. The van der Waals surface area contributed by atoms with Gasteiger partial charge in [-0.3, -0.25) is 4.79 Å². The third-order valence-corrected chi connectivity index (χ3v) is 5.06. The molecule has 25 heavy (non-hydrogen) atoms. The van der Waals surface area contributed by atoms with Crippen LogP contribution < -0.4 is 5.32 Å². The summed E-state index contributed by atoms with van der Waals surface area (Å²) in [6, 6.07) is 9.99. The van der Waals surface area contributed by atoms with E-state index in [1.165, 1.54) is 11.3 Å². The van der Waals surface area contributed by atoms with Crippen molar-refractivity contribution in [1.82, 2.24) is 14.5 Å². The Labute approximate surface area is 151 Å². The second-order valence-corrected chi connectivity index (χ2v) is 7.10. The van der Waals surface area contributed by atoms with Crippen molar-refractivity contribution in [2.75, 3.05) is 5.32 Å². The number of nitrogens with one attached hydrogen (secondary N) is 1. The molecule has 0 aliphatic carbocycles. The summed E-state index contributed by atoms with van der Waals surface area (Å²) in [5.74, 6) is 0.839. The van der Waals surface area contributed by atoms with Crippen LogP contribution in [0.3, 0.4) is 0 Å². The fraction of sp³-hybridized carbons (Fsp3) is 0.316. The average molecular weight is 354 g/mol. The van der Waals surface area contributed by atoms with Crippen LogP contribution in [0.2, 0.25) is 0 Å². The summed E-state index contributed by atoms with van der Waals surface area (Å²) in [5.41, 5.74) is 1.86. The van der Waals surface area contributed by atoms with Gasteiger partial charge < -0.3 is 9.88 Å². The summed E-state index contributed by atoms with van der Waals surface area (Å²) < 4.78 is 1.96. The Kier molecular flexibility index (Phi) is 5.28. The van der Waals surface area contributed by atoms with Gasteiger partial charge in [0.15, 0.2) is 11.0 Å². The highest BCUT2D eigenvalue weighted by Gasteiger charge is 2.20. The van der Waals surface area contributed by atoms with Crippen LogP contribution in [0.25, 0.3) is 22.0 Å². The number of aromatic nitrogens is 3. The van der Waals surface area contributed by atoms with Crippen molar-refractivity contribution in [3.63, 3.8) is 0 Å². The minimum absolute atomic E-state index is 0.0154. The van der Waals surface area contributed by atoms with Crippen molar-refractivity contribution in [1.29, 1.82) is 0 Å². The maximum atomic E-state index is 12.3. The fourth-order valence-corrected chi connectivity index (χ4v) is 3.72. The zero-order valence-corrected chi connectivity index (χ0v) is 15.5. The van der Waals surface area contributed by atoms with Crippen LogP contribution in [0.4, 0.5) is 5.13 Å². The zero-order chi connectivity index (χ0) is 17.8. The van der Waals surface area contributed by atoms with E-state index < -0.39 is 0 Å². The van der Waals surface area contributed by atoms with Crippen molar-refractivity contribution >= 4 is 22.4 Å². The molecule has 0 saturated carbocycles. The van der Waals surface area contributed by atoms with Gasteiger partial charge in [-0.1, -0.05) is 61.9 Å². The molecule has 6 heteroatoms. The third-order valence-electron chi connectivity index (χ3n) is 4.10. The lowest BCUT2D eigenvalue weighted by Gasteiger charge is -2.08. The molecule has 130 valence electrons. The molecule has 3 rings (SSSR count). The molecule has 2 aromatic heterocycles. The maximum Gasteiger partial charge on any atom is 0.228 e. The van der Waals surface area contributed by atoms with Crippen molar-refractivity contribution < 1.29 is 4.79 Å². The van der Waals surface area contributed by atoms with E-state index in [1.54, 1.807) is 6.20 Å². The number of hydrogen-bond acceptors (Lipinski definition) is 4. The minimum Gasteiger partial charge on any atom is -0.333 e. The Morgan fingerprint density at radius 3 is 2.72 bits per heavy atom. The molecular weight excluding hydrogens is 332 g/mol. The molecular formula is C19H22N4OS. The number of rotatable bonds is 6. The second-order valence-electron chi connectivity index (χ2n) is 6.10. The van der Waals surface area contributed by atoms with Gasteiger partial charge in [-0.25, -0.2) is 9.97 Å². The molecule has 0 saturated heterocycles. The van der Waals surface area contributed by atoms with E-state index in [9.17, 15) is 4.79 Å². The Hall–Kier alpha value is -2.47. The van der Waals surface area contributed by atoms with E-state index in [-0.39, 0.29) is 11.8 Å². The molecule has 0 aliphatic rings. The smallest absolute Gasteiger partial charge is 0.228 e. The molecule has 1 aromatic carbocycles. The number of nitrogens with zero attached hydrogens (tertiary/aromatic N) is 3. The average Bonchev–Trinajstić information content (AvgIpc) is 3.21. The lowest BCUT2D eigenvalue weighted by Crippen LogP contribution is -2.20. The highest BCUT2D eigenvalue weighted by atomic mass is 32.1. The lowest BCUT2D eigenvalue weighted by molar-refractivity contribution is -0.119. The van der Waals surface area contributed by atoms with Crippen LogP contribution in [0.1, 0.15) is 26.7 Å². The van der Waals surface area contributed by atoms with Gasteiger partial charge >= 0.3 is 0 Å². The number of thiazole rings is 1. The fourth-order valence-electron chi connectivity index (χ4n) is 2.69. The van der Waals surface area contributed by atoms with Crippen LogP contribution >= 0.6 is 11.3 Å². The van der Waals surface area contributed by atoms with Gasteiger partial charge in [0.2, 0.25) is 5.91 Å². The summed E-state index contributed by atoms with van der Waals surface area (Å²) in [4.78, 5) is 22.4. The van der Waals surface area contributed by atoms with Gasteiger partial charge in [-0.05, 0) is 6.42 Å². The molecule has 0 spiro atoms. The number of amides is 1. The predicted molar refractivity (Wildman–Crippen MR) is 102 cm³/mol. The Morgan fingerprint density at radius 2 is 2.08 bits per heavy atom. The largest absolute Gasteiger partial charge is 0.333 e. The van der Waals surface area contributed by atoms with E-state index in [0.29, 0.717) is 5.13 Å². The third kappa shape index (κ3) is 3.79. The molecule has 0 aliphatic heterocycles. The number of imidazole rings is 1. The summed E-state index contributed by atoms with van der Waals surface area (Å²) in [7, 11) is 1.96. The van der Waals surface area contributed by atoms with Gasteiger partial charge in [0, 0.05) is 30.9 Å². The molecule has 1 amide bonds. The molecule has 2 heterocycles. The van der Waals surface area contributed by atoms with Crippen LogP contribution in [-0.4, -0.2) is 20.4 Å². The first-order valence-corrected chi connectivity index (χ1v) is 9.26. The molecule has 3 aromatic rings. The number of benzene rings is 1.